The molecule has 0 fully saturated rings. The number of nitrogens with one attached hydrogen (secondary N) is 1. The number of aryl methyl sites for hydroxylation is 1. The summed E-state index contributed by atoms with van der Waals surface area (Å²) >= 11 is 0. The average Bonchev–Trinajstić information content (AvgIpc) is 2.49. The van der Waals surface area contributed by atoms with E-state index in [4.69, 9.17) is 5.73 Å². The van der Waals surface area contributed by atoms with E-state index in [0.717, 1.165) is 36.2 Å². The molecule has 13 heavy (non-hydrogen) atoms. The second-order valence-electron chi connectivity index (χ2n) is 3.53. The van der Waals surface area contributed by atoms with Crippen LogP contribution in [0.15, 0.2) is 4.79 Å². The van der Waals surface area contributed by atoms with Crippen LogP contribution in [0.4, 0.5) is 0 Å². The molecule has 0 amide bonds. The summed E-state index contributed by atoms with van der Waals surface area (Å²) in [6.45, 7) is 1.86. The Labute approximate surface area is 76.2 Å². The largest absolute Gasteiger partial charge is 0.345 e. The Bertz CT molecular complexity index is 381. The van der Waals surface area contributed by atoms with Crippen molar-refractivity contribution in [1.29, 1.82) is 0 Å². The Hall–Kier alpha value is -1.16. The van der Waals surface area contributed by atoms with E-state index in [9.17, 15) is 4.79 Å². The van der Waals surface area contributed by atoms with Gasteiger partial charge in [-0.2, -0.15) is 4.98 Å². The standard InChI is InChI=1S/C9H13N3O/c1-5(10)8-6-3-2-4-7(6)11-9(13)12-8/h5H,2-4,10H2,1H3,(H,11,12,13)/t5-/m0/s1. The van der Waals surface area contributed by atoms with Gasteiger partial charge in [-0.05, 0) is 31.7 Å². The summed E-state index contributed by atoms with van der Waals surface area (Å²) in [5, 5.41) is 0. The van der Waals surface area contributed by atoms with Gasteiger partial charge >= 0.3 is 5.69 Å². The van der Waals surface area contributed by atoms with Gasteiger partial charge in [-0.1, -0.05) is 0 Å². The van der Waals surface area contributed by atoms with E-state index in [1.807, 2.05) is 6.92 Å². The molecule has 0 radical (unpaired) electrons. The molecule has 0 aromatic carbocycles. The first-order chi connectivity index (χ1) is 6.18. The molecule has 1 aliphatic rings. The lowest BCUT2D eigenvalue weighted by Crippen LogP contribution is -2.21. The van der Waals surface area contributed by atoms with Crippen LogP contribution in [0.5, 0.6) is 0 Å². The summed E-state index contributed by atoms with van der Waals surface area (Å²) in [6, 6.07) is -0.144. The molecule has 1 aromatic heterocycles. The van der Waals surface area contributed by atoms with Crippen LogP contribution in [0.25, 0.3) is 0 Å². The van der Waals surface area contributed by atoms with Crippen LogP contribution < -0.4 is 11.4 Å². The van der Waals surface area contributed by atoms with Crippen molar-refractivity contribution in [3.05, 3.63) is 27.4 Å². The number of hydrogen-bond acceptors (Lipinski definition) is 3. The van der Waals surface area contributed by atoms with Gasteiger partial charge in [-0.25, -0.2) is 4.79 Å². The van der Waals surface area contributed by atoms with Gasteiger partial charge in [0.2, 0.25) is 0 Å². The van der Waals surface area contributed by atoms with Crippen LogP contribution in [0, 0.1) is 0 Å². The summed E-state index contributed by atoms with van der Waals surface area (Å²) in [4.78, 5) is 17.8. The van der Waals surface area contributed by atoms with Crippen molar-refractivity contribution in [3.63, 3.8) is 0 Å². The number of fused-ring (bicyclic) bond motifs is 1. The minimum absolute atomic E-state index is 0.144. The molecule has 0 spiro atoms. The van der Waals surface area contributed by atoms with Gasteiger partial charge in [0.15, 0.2) is 0 Å². The quantitative estimate of drug-likeness (QED) is 0.650. The second kappa shape index (κ2) is 2.96. The first-order valence-electron chi connectivity index (χ1n) is 4.56. The zero-order chi connectivity index (χ0) is 9.42. The molecule has 4 heteroatoms. The number of nitrogens with two attached hydrogens (primary N) is 1. The van der Waals surface area contributed by atoms with Crippen LogP contribution in [-0.2, 0) is 12.8 Å². The summed E-state index contributed by atoms with van der Waals surface area (Å²) < 4.78 is 0. The van der Waals surface area contributed by atoms with E-state index in [1.54, 1.807) is 0 Å². The molecule has 1 atom stereocenters. The van der Waals surface area contributed by atoms with Gasteiger partial charge < -0.3 is 10.7 Å². The minimum atomic E-state index is -0.270. The number of nitrogens with zero attached hydrogens (tertiary/aromatic N) is 1. The highest BCUT2D eigenvalue weighted by atomic mass is 16.1. The Balaban J connectivity index is 2.62. The van der Waals surface area contributed by atoms with E-state index in [0.29, 0.717) is 0 Å². The fourth-order valence-electron chi connectivity index (χ4n) is 1.87. The van der Waals surface area contributed by atoms with Gasteiger partial charge in [-0.15, -0.1) is 0 Å². The lowest BCUT2D eigenvalue weighted by molar-refractivity contribution is 0.746. The lowest BCUT2D eigenvalue weighted by Gasteiger charge is -2.08. The maximum absolute atomic E-state index is 11.1. The molecule has 3 N–H and O–H groups in total. The van der Waals surface area contributed by atoms with E-state index < -0.39 is 0 Å². The number of H-pyrrole nitrogens is 1. The third-order valence-electron chi connectivity index (χ3n) is 2.44. The molecular formula is C9H13N3O. The Morgan fingerprint density at radius 3 is 3.00 bits per heavy atom. The van der Waals surface area contributed by atoms with Crippen LogP contribution in [0.3, 0.4) is 0 Å². The topological polar surface area (TPSA) is 71.8 Å². The summed E-state index contributed by atoms with van der Waals surface area (Å²) in [5.41, 5.74) is 8.44. The van der Waals surface area contributed by atoms with Crippen molar-refractivity contribution < 1.29 is 0 Å². The zero-order valence-electron chi connectivity index (χ0n) is 7.63. The Kier molecular flexibility index (Phi) is 1.92. The first-order valence-corrected chi connectivity index (χ1v) is 4.56. The molecule has 1 aromatic rings. The number of aromatic nitrogens is 2. The maximum Gasteiger partial charge on any atom is 0.345 e. The highest BCUT2D eigenvalue weighted by molar-refractivity contribution is 5.30. The lowest BCUT2D eigenvalue weighted by atomic mass is 10.1. The molecular weight excluding hydrogens is 166 g/mol. The third-order valence-corrected chi connectivity index (χ3v) is 2.44. The maximum atomic E-state index is 11.1. The van der Waals surface area contributed by atoms with Gasteiger partial charge in [0.05, 0.1) is 5.69 Å². The van der Waals surface area contributed by atoms with Crippen molar-refractivity contribution in [2.45, 2.75) is 32.2 Å². The molecule has 0 aliphatic heterocycles. The average molecular weight is 179 g/mol. The fraction of sp³-hybridized carbons (Fsp3) is 0.556. The van der Waals surface area contributed by atoms with E-state index >= 15 is 0 Å². The van der Waals surface area contributed by atoms with E-state index in [-0.39, 0.29) is 11.7 Å². The van der Waals surface area contributed by atoms with Crippen molar-refractivity contribution >= 4 is 0 Å². The highest BCUT2D eigenvalue weighted by Gasteiger charge is 2.19. The normalized spacial score (nSPS) is 17.1. The van der Waals surface area contributed by atoms with E-state index in [2.05, 4.69) is 9.97 Å². The van der Waals surface area contributed by atoms with Crippen molar-refractivity contribution in [1.82, 2.24) is 9.97 Å². The van der Waals surface area contributed by atoms with Crippen molar-refractivity contribution in [3.8, 4) is 0 Å². The first kappa shape index (κ1) is 8.44. The molecule has 2 rings (SSSR count). The minimum Gasteiger partial charge on any atom is -0.323 e. The molecule has 0 bridgehead atoms. The third kappa shape index (κ3) is 1.37. The number of hydrogen-bond donors (Lipinski definition) is 2. The van der Waals surface area contributed by atoms with Crippen LogP contribution >= 0.6 is 0 Å². The van der Waals surface area contributed by atoms with Crippen LogP contribution in [0.2, 0.25) is 0 Å². The van der Waals surface area contributed by atoms with Gasteiger partial charge in [0.1, 0.15) is 0 Å². The number of rotatable bonds is 1. The van der Waals surface area contributed by atoms with Gasteiger partial charge in [-0.3, -0.25) is 0 Å². The fourth-order valence-corrected chi connectivity index (χ4v) is 1.87. The molecule has 0 saturated carbocycles. The van der Waals surface area contributed by atoms with Gasteiger partial charge in [0, 0.05) is 11.7 Å². The Morgan fingerprint density at radius 2 is 2.31 bits per heavy atom. The van der Waals surface area contributed by atoms with E-state index in [1.165, 1.54) is 0 Å². The molecule has 0 saturated heterocycles. The van der Waals surface area contributed by atoms with Crippen molar-refractivity contribution in [2.75, 3.05) is 0 Å². The molecule has 1 heterocycles. The highest BCUT2D eigenvalue weighted by Crippen LogP contribution is 2.23. The van der Waals surface area contributed by atoms with Gasteiger partial charge in [0.25, 0.3) is 0 Å². The summed E-state index contributed by atoms with van der Waals surface area (Å²) in [5.74, 6) is 0. The van der Waals surface area contributed by atoms with Crippen LogP contribution in [-0.4, -0.2) is 9.97 Å². The monoisotopic (exact) mass is 179 g/mol. The Morgan fingerprint density at radius 1 is 1.54 bits per heavy atom. The zero-order valence-corrected chi connectivity index (χ0v) is 7.63. The molecule has 0 unspecified atom stereocenters. The SMILES string of the molecule is C[C@H](N)c1nc(=O)[nH]c2c1CCC2. The predicted octanol–water partition coefficient (Wildman–Crippen LogP) is 0.278. The number of aromatic amines is 1. The van der Waals surface area contributed by atoms with Crippen molar-refractivity contribution in [2.24, 2.45) is 5.73 Å². The summed E-state index contributed by atoms with van der Waals surface area (Å²) in [7, 11) is 0. The smallest absolute Gasteiger partial charge is 0.323 e. The predicted molar refractivity (Wildman–Crippen MR) is 49.5 cm³/mol. The second-order valence-corrected chi connectivity index (χ2v) is 3.53. The van der Waals surface area contributed by atoms with Crippen LogP contribution in [0.1, 0.15) is 36.3 Å². The summed E-state index contributed by atoms with van der Waals surface area (Å²) in [6.07, 6.45) is 3.04. The molecule has 4 nitrogen and oxygen atoms in total. The molecule has 70 valence electrons. The molecule has 1 aliphatic carbocycles.